The predicted octanol–water partition coefficient (Wildman–Crippen LogP) is 2.59. The first-order valence-electron chi connectivity index (χ1n) is 6.42. The van der Waals surface area contributed by atoms with Gasteiger partial charge in [-0.05, 0) is 38.5 Å². The lowest BCUT2D eigenvalue weighted by atomic mass is 10.1. The zero-order valence-electron chi connectivity index (χ0n) is 12.6. The Kier molecular flexibility index (Phi) is 4.25. The summed E-state index contributed by atoms with van der Waals surface area (Å²) >= 11 is 1.10. The van der Waals surface area contributed by atoms with Crippen molar-refractivity contribution in [2.75, 3.05) is 11.4 Å². The van der Waals surface area contributed by atoms with Crippen LogP contribution in [0.1, 0.15) is 26.6 Å². The van der Waals surface area contributed by atoms with Gasteiger partial charge in [-0.25, -0.2) is 18.2 Å². The highest BCUT2D eigenvalue weighted by molar-refractivity contribution is 7.94. The van der Waals surface area contributed by atoms with Gasteiger partial charge in [0.1, 0.15) is 0 Å². The second kappa shape index (κ2) is 5.69. The van der Waals surface area contributed by atoms with Crippen LogP contribution in [-0.2, 0) is 10.0 Å². The molecule has 0 amide bonds. The Morgan fingerprint density at radius 1 is 1.27 bits per heavy atom. The molecule has 1 aromatic heterocycles. The predicted molar refractivity (Wildman–Crippen MR) is 85.3 cm³/mol. The molecule has 0 atom stereocenters. The summed E-state index contributed by atoms with van der Waals surface area (Å²) in [5.74, 6) is -1.09. The van der Waals surface area contributed by atoms with Gasteiger partial charge in [-0.3, -0.25) is 4.31 Å². The Bertz CT molecular complexity index is 841. The molecule has 118 valence electrons. The number of carboxylic acids is 1. The number of sulfonamides is 1. The average Bonchev–Trinajstić information content (AvgIpc) is 2.77. The van der Waals surface area contributed by atoms with Gasteiger partial charge >= 0.3 is 5.97 Å². The monoisotopic (exact) mass is 340 g/mol. The molecule has 0 saturated carbocycles. The molecule has 0 aliphatic carbocycles. The van der Waals surface area contributed by atoms with Crippen LogP contribution in [0.5, 0.6) is 0 Å². The van der Waals surface area contributed by atoms with Crippen LogP contribution in [0.4, 0.5) is 5.69 Å². The molecule has 0 aliphatic rings. The highest BCUT2D eigenvalue weighted by Crippen LogP contribution is 2.31. The van der Waals surface area contributed by atoms with Crippen LogP contribution < -0.4 is 4.31 Å². The Balaban J connectivity index is 2.57. The van der Waals surface area contributed by atoms with Crippen molar-refractivity contribution in [3.8, 4) is 0 Å². The third-order valence-electron chi connectivity index (χ3n) is 3.33. The Morgan fingerprint density at radius 3 is 2.41 bits per heavy atom. The minimum Gasteiger partial charge on any atom is -0.478 e. The van der Waals surface area contributed by atoms with Crippen LogP contribution >= 0.6 is 11.3 Å². The van der Waals surface area contributed by atoms with E-state index in [9.17, 15) is 13.2 Å². The standard InChI is InChI=1S/C14H16N2O4S2/c1-8-11(13(17)18)6-5-7-12(8)16(4)22(19,20)14-9(2)15-10(3)21-14/h5-7H,1-4H3,(H,17,18). The summed E-state index contributed by atoms with van der Waals surface area (Å²) in [5.41, 5.74) is 1.27. The van der Waals surface area contributed by atoms with Crippen molar-refractivity contribution in [3.05, 3.63) is 40.0 Å². The zero-order chi connectivity index (χ0) is 16.7. The van der Waals surface area contributed by atoms with Gasteiger partial charge in [0.15, 0.2) is 4.21 Å². The molecular weight excluding hydrogens is 324 g/mol. The molecule has 0 fully saturated rings. The minimum absolute atomic E-state index is 0.0803. The molecule has 1 N–H and O–H groups in total. The summed E-state index contributed by atoms with van der Waals surface area (Å²) in [6.45, 7) is 4.98. The third-order valence-corrected chi connectivity index (χ3v) is 6.76. The molecule has 1 heterocycles. The number of thiazole rings is 1. The van der Waals surface area contributed by atoms with E-state index in [-0.39, 0.29) is 9.77 Å². The number of hydrogen-bond donors (Lipinski definition) is 1. The number of anilines is 1. The normalized spacial score (nSPS) is 11.5. The fourth-order valence-corrected chi connectivity index (χ4v) is 5.09. The molecule has 0 spiro atoms. The van der Waals surface area contributed by atoms with Crippen molar-refractivity contribution in [2.45, 2.75) is 25.0 Å². The van der Waals surface area contributed by atoms with Gasteiger partial charge in [0.25, 0.3) is 10.0 Å². The highest BCUT2D eigenvalue weighted by atomic mass is 32.2. The van der Waals surface area contributed by atoms with Gasteiger partial charge in [0.05, 0.1) is 22.0 Å². The Hall–Kier alpha value is -1.93. The van der Waals surface area contributed by atoms with E-state index >= 15 is 0 Å². The molecule has 2 rings (SSSR count). The lowest BCUT2D eigenvalue weighted by Gasteiger charge is -2.21. The van der Waals surface area contributed by atoms with Gasteiger partial charge in [0, 0.05) is 7.05 Å². The summed E-state index contributed by atoms with van der Waals surface area (Å²) in [6, 6.07) is 4.56. The second-order valence-corrected chi connectivity index (χ2v) is 8.20. The van der Waals surface area contributed by atoms with Gasteiger partial charge in [-0.15, -0.1) is 11.3 Å². The fraction of sp³-hybridized carbons (Fsp3) is 0.286. The van der Waals surface area contributed by atoms with E-state index in [2.05, 4.69) is 4.98 Å². The largest absolute Gasteiger partial charge is 0.478 e. The summed E-state index contributed by atoms with van der Waals surface area (Å²) in [4.78, 5) is 15.3. The van der Waals surface area contributed by atoms with Crippen molar-refractivity contribution >= 4 is 33.0 Å². The first kappa shape index (κ1) is 16.4. The Labute approximate surface area is 133 Å². The number of aromatic nitrogens is 1. The molecule has 22 heavy (non-hydrogen) atoms. The topological polar surface area (TPSA) is 87.6 Å². The van der Waals surface area contributed by atoms with Gasteiger partial charge in [-0.1, -0.05) is 6.07 Å². The maximum atomic E-state index is 12.7. The van der Waals surface area contributed by atoms with Crippen molar-refractivity contribution in [3.63, 3.8) is 0 Å². The van der Waals surface area contributed by atoms with E-state index < -0.39 is 16.0 Å². The van der Waals surface area contributed by atoms with E-state index in [1.165, 1.54) is 19.2 Å². The van der Waals surface area contributed by atoms with Crippen LogP contribution in [0.25, 0.3) is 0 Å². The number of carboxylic acid groups (broad SMARTS) is 1. The van der Waals surface area contributed by atoms with Crippen LogP contribution in [0, 0.1) is 20.8 Å². The number of carbonyl (C=O) groups is 1. The van der Waals surface area contributed by atoms with E-state index in [4.69, 9.17) is 5.11 Å². The molecule has 0 aliphatic heterocycles. The van der Waals surface area contributed by atoms with Crippen LogP contribution in [0.3, 0.4) is 0 Å². The first-order valence-corrected chi connectivity index (χ1v) is 8.67. The molecule has 1 aromatic carbocycles. The summed E-state index contributed by atoms with van der Waals surface area (Å²) in [7, 11) is -2.36. The molecule has 0 saturated heterocycles. The maximum Gasteiger partial charge on any atom is 0.336 e. The van der Waals surface area contributed by atoms with Crippen molar-refractivity contribution in [1.82, 2.24) is 4.98 Å². The molecule has 0 radical (unpaired) electrons. The first-order chi connectivity index (χ1) is 10.2. The molecule has 2 aromatic rings. The summed E-state index contributed by atoms with van der Waals surface area (Å²) in [6.07, 6.45) is 0. The average molecular weight is 340 g/mol. The third kappa shape index (κ3) is 2.71. The van der Waals surface area contributed by atoms with Crippen LogP contribution in [0.2, 0.25) is 0 Å². The second-order valence-electron chi connectivity index (χ2n) is 4.83. The summed E-state index contributed by atoms with van der Waals surface area (Å²) < 4.78 is 26.8. The number of aryl methyl sites for hydroxylation is 2. The van der Waals surface area contributed by atoms with Gasteiger partial charge in [-0.2, -0.15) is 0 Å². The molecule has 0 bridgehead atoms. The molecule has 0 unspecified atom stereocenters. The maximum absolute atomic E-state index is 12.7. The Morgan fingerprint density at radius 2 is 1.91 bits per heavy atom. The van der Waals surface area contributed by atoms with Crippen molar-refractivity contribution in [2.24, 2.45) is 0 Å². The zero-order valence-corrected chi connectivity index (χ0v) is 14.2. The number of rotatable bonds is 4. The summed E-state index contributed by atoms with van der Waals surface area (Å²) in [5, 5.41) is 9.83. The number of hydrogen-bond acceptors (Lipinski definition) is 5. The van der Waals surface area contributed by atoms with E-state index in [1.54, 1.807) is 26.8 Å². The fourth-order valence-electron chi connectivity index (χ4n) is 2.20. The van der Waals surface area contributed by atoms with E-state index in [0.717, 1.165) is 15.6 Å². The number of aromatic carboxylic acids is 1. The SMILES string of the molecule is Cc1nc(C)c(S(=O)(=O)N(C)c2cccc(C(=O)O)c2C)s1. The lowest BCUT2D eigenvalue weighted by molar-refractivity contribution is 0.0696. The highest BCUT2D eigenvalue weighted by Gasteiger charge is 2.28. The van der Waals surface area contributed by atoms with Crippen LogP contribution in [0.15, 0.2) is 22.4 Å². The van der Waals surface area contributed by atoms with Crippen molar-refractivity contribution < 1.29 is 18.3 Å². The minimum atomic E-state index is -3.77. The number of nitrogens with zero attached hydrogens (tertiary/aromatic N) is 2. The van der Waals surface area contributed by atoms with Crippen molar-refractivity contribution in [1.29, 1.82) is 0 Å². The van der Waals surface area contributed by atoms with E-state index in [0.29, 0.717) is 22.0 Å². The lowest BCUT2D eigenvalue weighted by Crippen LogP contribution is -2.27. The van der Waals surface area contributed by atoms with Gasteiger partial charge < -0.3 is 5.11 Å². The quantitative estimate of drug-likeness (QED) is 0.924. The van der Waals surface area contributed by atoms with Gasteiger partial charge in [0.2, 0.25) is 0 Å². The smallest absolute Gasteiger partial charge is 0.336 e. The van der Waals surface area contributed by atoms with Crippen LogP contribution in [-0.4, -0.2) is 31.5 Å². The number of benzene rings is 1. The molecule has 6 nitrogen and oxygen atoms in total. The molecular formula is C14H16N2O4S2. The van der Waals surface area contributed by atoms with E-state index in [1.807, 2.05) is 0 Å². The molecule has 8 heteroatoms.